The van der Waals surface area contributed by atoms with Crippen LogP contribution in [0.5, 0.6) is 11.5 Å². The first-order chi connectivity index (χ1) is 15.3. The number of hydrogen-bond acceptors (Lipinski definition) is 5. The molecule has 160 valence electrons. The van der Waals surface area contributed by atoms with Crippen LogP contribution in [-0.2, 0) is 0 Å². The van der Waals surface area contributed by atoms with E-state index in [1.54, 1.807) is 6.20 Å². The van der Waals surface area contributed by atoms with Crippen molar-refractivity contribution in [3.05, 3.63) is 72.6 Å². The molecule has 1 fully saturated rings. The van der Waals surface area contributed by atoms with Crippen molar-refractivity contribution in [2.24, 2.45) is 5.92 Å². The molecule has 1 atom stereocenters. The van der Waals surface area contributed by atoms with E-state index in [1.165, 1.54) is 18.4 Å². The van der Waals surface area contributed by atoms with Gasteiger partial charge < -0.3 is 19.7 Å². The first-order valence-electron chi connectivity index (χ1n) is 11.1. The molecule has 1 aliphatic carbocycles. The van der Waals surface area contributed by atoms with E-state index in [2.05, 4.69) is 64.7 Å². The van der Waals surface area contributed by atoms with Gasteiger partial charge in [-0.3, -0.25) is 4.98 Å². The van der Waals surface area contributed by atoms with Crippen molar-refractivity contribution in [1.29, 1.82) is 0 Å². The number of rotatable bonds is 8. The molecule has 0 saturated heterocycles. The summed E-state index contributed by atoms with van der Waals surface area (Å²) in [4.78, 5) is 6.36. The second-order valence-electron chi connectivity index (χ2n) is 8.49. The Kier molecular flexibility index (Phi) is 5.65. The van der Waals surface area contributed by atoms with Crippen LogP contribution in [0, 0.1) is 5.92 Å². The van der Waals surface area contributed by atoms with Crippen molar-refractivity contribution in [3.8, 4) is 11.5 Å². The molecule has 0 bridgehead atoms. The average Bonchev–Trinajstić information content (AvgIpc) is 3.66. The standard InChI is InChI=1S/C26H29N3O2/c1-29(22-6-9-24(10-7-22)31-18-19-4-5-19)23-8-11-25-20(12-14-30-26(25)15-23)16-28-21-3-2-13-27-17-21/h2-3,6-11,13,15,17,19-20,28H,4-5,12,14,16,18H2,1H3/t20-/m0/s1. The van der Waals surface area contributed by atoms with Crippen LogP contribution in [0.1, 0.15) is 30.7 Å². The molecule has 2 aliphatic rings. The molecule has 2 heterocycles. The highest BCUT2D eigenvalue weighted by molar-refractivity contribution is 5.66. The lowest BCUT2D eigenvalue weighted by Crippen LogP contribution is -2.21. The zero-order chi connectivity index (χ0) is 21.0. The lowest BCUT2D eigenvalue weighted by atomic mass is 9.92. The van der Waals surface area contributed by atoms with E-state index in [0.29, 0.717) is 5.92 Å². The van der Waals surface area contributed by atoms with Crippen LogP contribution in [0.4, 0.5) is 17.1 Å². The van der Waals surface area contributed by atoms with Crippen LogP contribution in [0.2, 0.25) is 0 Å². The molecule has 5 rings (SSSR count). The lowest BCUT2D eigenvalue weighted by Gasteiger charge is -2.28. The van der Waals surface area contributed by atoms with Crippen LogP contribution in [-0.4, -0.2) is 31.8 Å². The Morgan fingerprint density at radius 2 is 1.90 bits per heavy atom. The maximum Gasteiger partial charge on any atom is 0.124 e. The SMILES string of the molecule is CN(c1ccc(OCC2CC2)cc1)c1ccc2c(c1)OCC[C@H]2CNc1cccnc1. The van der Waals surface area contributed by atoms with E-state index in [1.807, 2.05) is 18.3 Å². The Balaban J connectivity index is 1.26. The number of pyridine rings is 1. The summed E-state index contributed by atoms with van der Waals surface area (Å²) < 4.78 is 11.9. The van der Waals surface area contributed by atoms with Crippen LogP contribution < -0.4 is 19.7 Å². The first kappa shape index (κ1) is 19.7. The number of hydrogen-bond donors (Lipinski definition) is 1. The van der Waals surface area contributed by atoms with Crippen LogP contribution >= 0.6 is 0 Å². The van der Waals surface area contributed by atoms with Crippen molar-refractivity contribution in [2.75, 3.05) is 37.0 Å². The van der Waals surface area contributed by atoms with Gasteiger partial charge in [0, 0.05) is 49.3 Å². The fourth-order valence-corrected chi connectivity index (χ4v) is 3.99. The summed E-state index contributed by atoms with van der Waals surface area (Å²) in [6, 6.07) is 18.9. The first-order valence-corrected chi connectivity index (χ1v) is 11.1. The quantitative estimate of drug-likeness (QED) is 0.518. The maximum atomic E-state index is 6.03. The number of nitrogens with one attached hydrogen (secondary N) is 1. The van der Waals surface area contributed by atoms with E-state index >= 15 is 0 Å². The predicted molar refractivity (Wildman–Crippen MR) is 125 cm³/mol. The Labute approximate surface area is 184 Å². The summed E-state index contributed by atoms with van der Waals surface area (Å²) in [7, 11) is 2.09. The molecule has 1 N–H and O–H groups in total. The molecule has 1 aromatic heterocycles. The minimum absolute atomic E-state index is 0.422. The van der Waals surface area contributed by atoms with Gasteiger partial charge in [0.1, 0.15) is 11.5 Å². The highest BCUT2D eigenvalue weighted by Gasteiger charge is 2.23. The maximum absolute atomic E-state index is 6.03. The van der Waals surface area contributed by atoms with Gasteiger partial charge in [-0.2, -0.15) is 0 Å². The summed E-state index contributed by atoms with van der Waals surface area (Å²) in [6.07, 6.45) is 7.28. The van der Waals surface area contributed by atoms with Crippen molar-refractivity contribution in [2.45, 2.75) is 25.2 Å². The third-order valence-electron chi connectivity index (χ3n) is 6.17. The topological polar surface area (TPSA) is 46.6 Å². The van der Waals surface area contributed by atoms with E-state index in [0.717, 1.165) is 60.7 Å². The van der Waals surface area contributed by atoms with Crippen LogP contribution in [0.15, 0.2) is 67.0 Å². The highest BCUT2D eigenvalue weighted by atomic mass is 16.5. The lowest BCUT2D eigenvalue weighted by molar-refractivity contribution is 0.270. The fraction of sp³-hybridized carbons (Fsp3) is 0.346. The highest BCUT2D eigenvalue weighted by Crippen LogP contribution is 2.38. The molecule has 0 radical (unpaired) electrons. The monoisotopic (exact) mass is 415 g/mol. The summed E-state index contributed by atoms with van der Waals surface area (Å²) >= 11 is 0. The van der Waals surface area contributed by atoms with E-state index in [-0.39, 0.29) is 0 Å². The Morgan fingerprint density at radius 1 is 1.06 bits per heavy atom. The number of aromatic nitrogens is 1. The van der Waals surface area contributed by atoms with Crippen molar-refractivity contribution in [3.63, 3.8) is 0 Å². The molecule has 0 spiro atoms. The summed E-state index contributed by atoms with van der Waals surface area (Å²) in [6.45, 7) is 2.46. The van der Waals surface area contributed by atoms with E-state index < -0.39 is 0 Å². The number of benzene rings is 2. The van der Waals surface area contributed by atoms with Gasteiger partial charge in [0.05, 0.1) is 18.9 Å². The summed E-state index contributed by atoms with van der Waals surface area (Å²) in [5, 5.41) is 3.50. The smallest absolute Gasteiger partial charge is 0.124 e. The van der Waals surface area contributed by atoms with Gasteiger partial charge in [-0.25, -0.2) is 0 Å². The van der Waals surface area contributed by atoms with Gasteiger partial charge in [-0.15, -0.1) is 0 Å². The number of anilines is 3. The van der Waals surface area contributed by atoms with Crippen LogP contribution in [0.3, 0.4) is 0 Å². The Hall–Kier alpha value is -3.21. The van der Waals surface area contributed by atoms with Gasteiger partial charge in [0.15, 0.2) is 0 Å². The minimum Gasteiger partial charge on any atom is -0.493 e. The third-order valence-corrected chi connectivity index (χ3v) is 6.17. The molecule has 1 aliphatic heterocycles. The number of ether oxygens (including phenoxy) is 2. The molecule has 31 heavy (non-hydrogen) atoms. The molecule has 0 unspecified atom stereocenters. The van der Waals surface area contributed by atoms with Gasteiger partial charge in [0.2, 0.25) is 0 Å². The Bertz CT molecular complexity index is 1000. The predicted octanol–water partition coefficient (Wildman–Crippen LogP) is 5.62. The summed E-state index contributed by atoms with van der Waals surface area (Å²) in [5.74, 6) is 3.12. The molecule has 5 heteroatoms. The van der Waals surface area contributed by atoms with Gasteiger partial charge >= 0.3 is 0 Å². The second kappa shape index (κ2) is 8.88. The number of nitrogens with zero attached hydrogens (tertiary/aromatic N) is 2. The second-order valence-corrected chi connectivity index (χ2v) is 8.49. The molecule has 1 saturated carbocycles. The molecular weight excluding hydrogens is 386 g/mol. The molecule has 5 nitrogen and oxygen atoms in total. The third kappa shape index (κ3) is 4.76. The largest absolute Gasteiger partial charge is 0.493 e. The van der Waals surface area contributed by atoms with E-state index in [9.17, 15) is 0 Å². The van der Waals surface area contributed by atoms with Gasteiger partial charge in [0.25, 0.3) is 0 Å². The zero-order valence-corrected chi connectivity index (χ0v) is 18.0. The molecule has 3 aromatic rings. The zero-order valence-electron chi connectivity index (χ0n) is 18.0. The van der Waals surface area contributed by atoms with Gasteiger partial charge in [-0.1, -0.05) is 6.07 Å². The fourth-order valence-electron chi connectivity index (χ4n) is 3.99. The molecule has 0 amide bonds. The van der Waals surface area contributed by atoms with Gasteiger partial charge in [-0.05, 0) is 73.2 Å². The minimum atomic E-state index is 0.422. The average molecular weight is 416 g/mol. The Morgan fingerprint density at radius 3 is 2.68 bits per heavy atom. The molecular formula is C26H29N3O2. The van der Waals surface area contributed by atoms with Crippen LogP contribution in [0.25, 0.3) is 0 Å². The van der Waals surface area contributed by atoms with E-state index in [4.69, 9.17) is 9.47 Å². The van der Waals surface area contributed by atoms with Crippen molar-refractivity contribution < 1.29 is 9.47 Å². The normalized spacial score (nSPS) is 17.4. The van der Waals surface area contributed by atoms with Crippen molar-refractivity contribution in [1.82, 2.24) is 4.98 Å². The number of fused-ring (bicyclic) bond motifs is 1. The summed E-state index contributed by atoms with van der Waals surface area (Å²) in [5.41, 5.74) is 4.57. The molecule has 2 aromatic carbocycles. The van der Waals surface area contributed by atoms with Crippen molar-refractivity contribution >= 4 is 17.1 Å².